The Morgan fingerprint density at radius 2 is 0.825 bits per heavy atom. The number of benzene rings is 10. The average Bonchev–Trinajstić information content (AvgIpc) is 3.91. The molecule has 0 spiro atoms. The Bertz CT molecular complexity index is 3580. The minimum absolute atomic E-state index is 0.901. The molecule has 10 aromatic carbocycles. The van der Waals surface area contributed by atoms with Gasteiger partial charge < -0.3 is 13.9 Å². The zero-order valence-electron chi connectivity index (χ0n) is 34.4. The van der Waals surface area contributed by atoms with Gasteiger partial charge in [-0.3, -0.25) is 0 Å². The van der Waals surface area contributed by atoms with Gasteiger partial charge in [-0.25, -0.2) is 0 Å². The van der Waals surface area contributed by atoms with Crippen molar-refractivity contribution in [3.05, 3.63) is 243 Å². The van der Waals surface area contributed by atoms with Gasteiger partial charge in [0.1, 0.15) is 11.2 Å². The SMILES string of the molecule is c1ccc(-c2cccc(N(c3ccc(-c4cccc5c4oc4ccccc45)cc3)c3cccc(-c4ccccc4-c4ccccc4-n4c5ccccc5c5ccccc54)c3)c2)cc1. The predicted molar refractivity (Wildman–Crippen MR) is 264 cm³/mol. The summed E-state index contributed by atoms with van der Waals surface area (Å²) < 4.78 is 8.88. The van der Waals surface area contributed by atoms with Crippen molar-refractivity contribution < 1.29 is 4.42 Å². The summed E-state index contributed by atoms with van der Waals surface area (Å²) in [6.07, 6.45) is 0. The smallest absolute Gasteiger partial charge is 0.143 e. The second-order valence-corrected chi connectivity index (χ2v) is 16.1. The number of hydrogen-bond donors (Lipinski definition) is 0. The first-order valence-corrected chi connectivity index (χ1v) is 21.5. The van der Waals surface area contributed by atoms with E-state index in [0.717, 1.165) is 66.9 Å². The highest BCUT2D eigenvalue weighted by Crippen LogP contribution is 2.43. The largest absolute Gasteiger partial charge is 0.455 e. The molecule has 0 bridgehead atoms. The number of nitrogens with zero attached hydrogens (tertiary/aromatic N) is 2. The van der Waals surface area contributed by atoms with E-state index < -0.39 is 0 Å². The molecule has 296 valence electrons. The van der Waals surface area contributed by atoms with Crippen LogP contribution >= 0.6 is 0 Å². The molecule has 0 radical (unpaired) electrons. The van der Waals surface area contributed by atoms with Crippen molar-refractivity contribution in [2.45, 2.75) is 0 Å². The number of hydrogen-bond acceptors (Lipinski definition) is 2. The highest BCUT2D eigenvalue weighted by Gasteiger charge is 2.20. The van der Waals surface area contributed by atoms with E-state index in [0.29, 0.717) is 0 Å². The lowest BCUT2D eigenvalue weighted by molar-refractivity contribution is 0.670. The molecule has 0 aliphatic rings. The first-order valence-electron chi connectivity index (χ1n) is 21.5. The minimum atomic E-state index is 0.901. The Balaban J connectivity index is 0.994. The average molecular weight is 805 g/mol. The van der Waals surface area contributed by atoms with Gasteiger partial charge in [0, 0.05) is 49.7 Å². The number of furan rings is 1. The zero-order valence-corrected chi connectivity index (χ0v) is 34.4. The third-order valence-corrected chi connectivity index (χ3v) is 12.4. The molecular formula is C60H40N2O. The Morgan fingerprint density at radius 1 is 0.302 bits per heavy atom. The van der Waals surface area contributed by atoms with Gasteiger partial charge in [0.05, 0.1) is 16.7 Å². The quantitative estimate of drug-likeness (QED) is 0.153. The fraction of sp³-hybridized carbons (Fsp3) is 0. The van der Waals surface area contributed by atoms with E-state index in [1.807, 2.05) is 12.1 Å². The molecule has 3 heteroatoms. The van der Waals surface area contributed by atoms with E-state index in [1.165, 1.54) is 44.1 Å². The van der Waals surface area contributed by atoms with Crippen molar-refractivity contribution in [1.29, 1.82) is 0 Å². The maximum atomic E-state index is 6.46. The lowest BCUT2D eigenvalue weighted by Gasteiger charge is -2.27. The summed E-state index contributed by atoms with van der Waals surface area (Å²) in [5, 5.41) is 4.76. The van der Waals surface area contributed by atoms with Crippen LogP contribution in [0.2, 0.25) is 0 Å². The molecule has 0 aliphatic carbocycles. The van der Waals surface area contributed by atoms with Crippen molar-refractivity contribution in [2.75, 3.05) is 4.90 Å². The maximum absolute atomic E-state index is 6.46. The molecule has 0 aliphatic heterocycles. The second kappa shape index (κ2) is 15.3. The van der Waals surface area contributed by atoms with Crippen LogP contribution in [0.3, 0.4) is 0 Å². The molecule has 0 amide bonds. The van der Waals surface area contributed by atoms with Crippen molar-refractivity contribution in [3.8, 4) is 50.2 Å². The lowest BCUT2D eigenvalue weighted by Crippen LogP contribution is -2.10. The van der Waals surface area contributed by atoms with Gasteiger partial charge in [0.15, 0.2) is 0 Å². The first kappa shape index (κ1) is 36.5. The molecule has 2 aromatic heterocycles. The van der Waals surface area contributed by atoms with Gasteiger partial charge in [-0.15, -0.1) is 0 Å². The molecular weight excluding hydrogens is 765 g/mol. The summed E-state index contributed by atoms with van der Waals surface area (Å²) in [4.78, 5) is 2.37. The van der Waals surface area contributed by atoms with Gasteiger partial charge in [0.2, 0.25) is 0 Å². The Kier molecular flexibility index (Phi) is 8.83. The van der Waals surface area contributed by atoms with Crippen molar-refractivity contribution in [1.82, 2.24) is 4.57 Å². The van der Waals surface area contributed by atoms with Crippen molar-refractivity contribution in [2.24, 2.45) is 0 Å². The Labute approximate surface area is 366 Å². The van der Waals surface area contributed by atoms with Crippen LogP contribution in [-0.4, -0.2) is 4.57 Å². The lowest BCUT2D eigenvalue weighted by atomic mass is 9.93. The normalized spacial score (nSPS) is 11.5. The summed E-state index contributed by atoms with van der Waals surface area (Å²) in [6.45, 7) is 0. The molecule has 0 unspecified atom stereocenters. The molecule has 3 nitrogen and oxygen atoms in total. The van der Waals surface area contributed by atoms with Crippen LogP contribution in [-0.2, 0) is 0 Å². The van der Waals surface area contributed by atoms with E-state index in [1.54, 1.807) is 0 Å². The predicted octanol–water partition coefficient (Wildman–Crippen LogP) is 16.8. The fourth-order valence-corrected chi connectivity index (χ4v) is 9.53. The van der Waals surface area contributed by atoms with Crippen molar-refractivity contribution >= 4 is 60.8 Å². The van der Waals surface area contributed by atoms with Gasteiger partial charge in [-0.05, 0) is 94.0 Å². The van der Waals surface area contributed by atoms with Crippen LogP contribution in [0.15, 0.2) is 247 Å². The zero-order chi connectivity index (χ0) is 41.7. The molecule has 2 heterocycles. The highest BCUT2D eigenvalue weighted by atomic mass is 16.3. The summed E-state index contributed by atoms with van der Waals surface area (Å²) in [7, 11) is 0. The number of rotatable bonds is 8. The molecule has 0 atom stereocenters. The monoisotopic (exact) mass is 804 g/mol. The maximum Gasteiger partial charge on any atom is 0.143 e. The summed E-state index contributed by atoms with van der Waals surface area (Å²) in [5.41, 5.74) is 17.7. The molecule has 12 rings (SSSR count). The van der Waals surface area contributed by atoms with E-state index >= 15 is 0 Å². The third kappa shape index (κ3) is 6.29. The summed E-state index contributed by atoms with van der Waals surface area (Å²) >= 11 is 0. The van der Waals surface area contributed by atoms with E-state index in [-0.39, 0.29) is 0 Å². The Hall–Kier alpha value is -8.40. The minimum Gasteiger partial charge on any atom is -0.455 e. The fourth-order valence-electron chi connectivity index (χ4n) is 9.53. The molecule has 63 heavy (non-hydrogen) atoms. The Morgan fingerprint density at radius 3 is 1.57 bits per heavy atom. The van der Waals surface area contributed by atoms with Crippen LogP contribution < -0.4 is 4.90 Å². The number of para-hydroxylation sites is 5. The van der Waals surface area contributed by atoms with Crippen LogP contribution in [0.1, 0.15) is 0 Å². The highest BCUT2D eigenvalue weighted by molar-refractivity contribution is 6.11. The molecule has 0 fully saturated rings. The summed E-state index contributed by atoms with van der Waals surface area (Å²) in [5.74, 6) is 0. The number of fused-ring (bicyclic) bond motifs is 6. The third-order valence-electron chi connectivity index (χ3n) is 12.4. The van der Waals surface area contributed by atoms with E-state index in [2.05, 4.69) is 240 Å². The van der Waals surface area contributed by atoms with Gasteiger partial charge in [-0.1, -0.05) is 182 Å². The molecule has 0 saturated heterocycles. The van der Waals surface area contributed by atoms with Crippen LogP contribution in [0, 0.1) is 0 Å². The van der Waals surface area contributed by atoms with Gasteiger partial charge in [0.25, 0.3) is 0 Å². The van der Waals surface area contributed by atoms with E-state index in [9.17, 15) is 0 Å². The van der Waals surface area contributed by atoms with Crippen LogP contribution in [0.5, 0.6) is 0 Å². The van der Waals surface area contributed by atoms with Crippen molar-refractivity contribution in [3.63, 3.8) is 0 Å². The van der Waals surface area contributed by atoms with Crippen LogP contribution in [0.25, 0.3) is 93.9 Å². The molecule has 0 N–H and O–H groups in total. The van der Waals surface area contributed by atoms with Gasteiger partial charge in [-0.2, -0.15) is 0 Å². The first-order chi connectivity index (χ1) is 31.3. The van der Waals surface area contributed by atoms with Gasteiger partial charge >= 0.3 is 0 Å². The van der Waals surface area contributed by atoms with Crippen LogP contribution in [0.4, 0.5) is 17.1 Å². The number of aromatic nitrogens is 1. The second-order valence-electron chi connectivity index (χ2n) is 16.1. The molecule has 0 saturated carbocycles. The van der Waals surface area contributed by atoms with E-state index in [4.69, 9.17) is 4.42 Å². The summed E-state index contributed by atoms with van der Waals surface area (Å²) in [6, 6.07) is 87.1. The standard InChI is InChI=1S/C60H40N2O/c1-2-17-41(18-3-1)43-19-14-21-46(39-43)61(45-37-35-42(36-38-45)49-29-16-30-55-54-28-9-13-34-59(54)63-60(49)55)47-22-15-20-44(40-47)48-23-4-5-24-50(48)51-25-6-10-31-56(51)62-57-32-11-7-26-52(57)53-27-8-12-33-58(53)62/h1-40H. The number of anilines is 3. The topological polar surface area (TPSA) is 21.3 Å². The molecule has 12 aromatic rings.